The molecule has 0 aliphatic heterocycles. The molecule has 0 amide bonds. The van der Waals surface area contributed by atoms with Crippen LogP contribution in [0.25, 0.3) is 0 Å². The van der Waals surface area contributed by atoms with Crippen LogP contribution in [-0.2, 0) is 0 Å². The van der Waals surface area contributed by atoms with Gasteiger partial charge in [0.25, 0.3) is 0 Å². The molecule has 0 atom stereocenters. The van der Waals surface area contributed by atoms with Crippen LogP contribution in [0.2, 0.25) is 25.7 Å². The van der Waals surface area contributed by atoms with Crippen molar-refractivity contribution in [2.45, 2.75) is 46.5 Å². The van der Waals surface area contributed by atoms with E-state index in [1.807, 2.05) is 0 Å². The Morgan fingerprint density at radius 1 is 1.08 bits per heavy atom. The first-order valence-electron chi connectivity index (χ1n) is 4.63. The molecule has 0 heterocycles. The maximum Gasteiger partial charge on any atom is 0.0480 e. The number of hydrogen-bond acceptors (Lipinski definition) is 0. The van der Waals surface area contributed by atoms with Crippen molar-refractivity contribution in [1.29, 1.82) is 0 Å². The molecule has 0 aromatic carbocycles. The highest BCUT2D eigenvalue weighted by atomic mass is 28.3. The second kappa shape index (κ2) is 4.66. The van der Waals surface area contributed by atoms with Crippen molar-refractivity contribution in [2.24, 2.45) is 0 Å². The van der Waals surface area contributed by atoms with E-state index >= 15 is 0 Å². The molecule has 0 aromatic heterocycles. The summed E-state index contributed by atoms with van der Waals surface area (Å²) in [6, 6.07) is 1.29. The van der Waals surface area contributed by atoms with Crippen molar-refractivity contribution in [3.05, 3.63) is 23.3 Å². The molecule has 0 unspecified atom stereocenters. The van der Waals surface area contributed by atoms with Gasteiger partial charge in [0.1, 0.15) is 0 Å². The predicted octanol–water partition coefficient (Wildman–Crippen LogP) is 4.24. The van der Waals surface area contributed by atoms with Crippen LogP contribution in [-0.4, -0.2) is 8.07 Å². The first kappa shape index (κ1) is 11.7. The van der Waals surface area contributed by atoms with Crippen LogP contribution in [0.15, 0.2) is 23.3 Å². The predicted molar refractivity (Wildman–Crippen MR) is 61.3 cm³/mol. The molecular weight excluding hydrogens is 160 g/mol. The molecule has 0 rings (SSSR count). The fourth-order valence-corrected chi connectivity index (χ4v) is 1.58. The van der Waals surface area contributed by atoms with Gasteiger partial charge in [-0.05, 0) is 26.8 Å². The largest absolute Gasteiger partial charge is 0.0869 e. The van der Waals surface area contributed by atoms with Gasteiger partial charge in [-0.3, -0.25) is 0 Å². The highest BCUT2D eigenvalue weighted by Crippen LogP contribution is 2.10. The van der Waals surface area contributed by atoms with Gasteiger partial charge in [-0.2, -0.15) is 0 Å². The Labute approximate surface area is 78.4 Å². The van der Waals surface area contributed by atoms with Crippen molar-refractivity contribution in [1.82, 2.24) is 0 Å². The van der Waals surface area contributed by atoms with Crippen LogP contribution in [0, 0.1) is 0 Å². The molecule has 0 radical (unpaired) electrons. The molecule has 0 aliphatic rings. The molecule has 0 nitrogen and oxygen atoms in total. The minimum absolute atomic E-state index is 0.868. The second-order valence-electron chi connectivity index (χ2n) is 4.85. The van der Waals surface area contributed by atoms with Gasteiger partial charge >= 0.3 is 0 Å². The SMILES string of the molecule is CC(C)=C(C)/C=C/C[Si](C)(C)C. The maximum atomic E-state index is 2.40. The Morgan fingerprint density at radius 2 is 1.58 bits per heavy atom. The van der Waals surface area contributed by atoms with Gasteiger partial charge in [-0.15, -0.1) is 0 Å². The summed E-state index contributed by atoms with van der Waals surface area (Å²) in [6.07, 6.45) is 4.59. The van der Waals surface area contributed by atoms with Gasteiger partial charge in [0.05, 0.1) is 0 Å². The van der Waals surface area contributed by atoms with Gasteiger partial charge in [0.2, 0.25) is 0 Å². The molecule has 0 aromatic rings. The smallest absolute Gasteiger partial charge is 0.0480 e. The van der Waals surface area contributed by atoms with E-state index in [9.17, 15) is 0 Å². The average Bonchev–Trinajstić information content (AvgIpc) is 1.84. The molecule has 1 heteroatoms. The van der Waals surface area contributed by atoms with E-state index in [1.165, 1.54) is 17.2 Å². The monoisotopic (exact) mass is 182 g/mol. The third-order valence-corrected chi connectivity index (χ3v) is 3.35. The first-order chi connectivity index (χ1) is 5.33. The van der Waals surface area contributed by atoms with Gasteiger partial charge in [0.15, 0.2) is 0 Å². The Balaban J connectivity index is 4.03. The number of allylic oxidation sites excluding steroid dienone is 4. The van der Waals surface area contributed by atoms with Crippen LogP contribution >= 0.6 is 0 Å². The van der Waals surface area contributed by atoms with E-state index in [-0.39, 0.29) is 0 Å². The molecule has 0 saturated carbocycles. The Morgan fingerprint density at radius 3 is 1.92 bits per heavy atom. The van der Waals surface area contributed by atoms with E-state index in [0.29, 0.717) is 0 Å². The van der Waals surface area contributed by atoms with Crippen molar-refractivity contribution < 1.29 is 0 Å². The highest BCUT2D eigenvalue weighted by molar-refractivity contribution is 6.76. The summed E-state index contributed by atoms with van der Waals surface area (Å²) >= 11 is 0. The van der Waals surface area contributed by atoms with Crippen molar-refractivity contribution >= 4 is 8.07 Å². The molecule has 0 saturated heterocycles. The topological polar surface area (TPSA) is 0 Å². The van der Waals surface area contributed by atoms with E-state index in [4.69, 9.17) is 0 Å². The Kier molecular flexibility index (Phi) is 4.54. The molecule has 0 N–H and O–H groups in total. The maximum absolute atomic E-state index is 2.40. The van der Waals surface area contributed by atoms with Gasteiger partial charge in [0, 0.05) is 8.07 Å². The molecule has 70 valence electrons. The van der Waals surface area contributed by atoms with Crippen LogP contribution in [0.5, 0.6) is 0 Å². The third-order valence-electron chi connectivity index (χ3n) is 1.89. The quantitative estimate of drug-likeness (QED) is 0.452. The van der Waals surface area contributed by atoms with Crippen LogP contribution in [0.4, 0.5) is 0 Å². The summed E-state index contributed by atoms with van der Waals surface area (Å²) in [5.41, 5.74) is 2.83. The third kappa shape index (κ3) is 6.41. The first-order valence-corrected chi connectivity index (χ1v) is 8.34. The molecule has 0 fully saturated rings. The minimum atomic E-state index is -0.868. The standard InChI is InChI=1S/C11H22Si/c1-10(2)11(3)8-7-9-12(4,5)6/h7-8H,9H2,1-6H3/b8-7+. The Bertz CT molecular complexity index is 188. The van der Waals surface area contributed by atoms with Crippen molar-refractivity contribution in [2.75, 3.05) is 0 Å². The summed E-state index contributed by atoms with van der Waals surface area (Å²) in [5, 5.41) is 0. The van der Waals surface area contributed by atoms with Gasteiger partial charge < -0.3 is 0 Å². The zero-order chi connectivity index (χ0) is 9.78. The molecule has 0 spiro atoms. The lowest BCUT2D eigenvalue weighted by molar-refractivity contribution is 1.29. The molecule has 12 heavy (non-hydrogen) atoms. The van der Waals surface area contributed by atoms with Gasteiger partial charge in [-0.25, -0.2) is 0 Å². The summed E-state index contributed by atoms with van der Waals surface area (Å²) in [6.45, 7) is 13.7. The van der Waals surface area contributed by atoms with Crippen LogP contribution < -0.4 is 0 Å². The Hall–Kier alpha value is -0.303. The summed E-state index contributed by atoms with van der Waals surface area (Å²) < 4.78 is 0. The average molecular weight is 182 g/mol. The fourth-order valence-electron chi connectivity index (χ4n) is 0.756. The second-order valence-corrected chi connectivity index (χ2v) is 10.4. The van der Waals surface area contributed by atoms with E-state index < -0.39 is 8.07 Å². The van der Waals surface area contributed by atoms with Crippen LogP contribution in [0.1, 0.15) is 20.8 Å². The van der Waals surface area contributed by atoms with E-state index in [1.54, 1.807) is 0 Å². The van der Waals surface area contributed by atoms with Crippen LogP contribution in [0.3, 0.4) is 0 Å². The number of rotatable bonds is 3. The highest BCUT2D eigenvalue weighted by Gasteiger charge is 2.09. The zero-order valence-electron chi connectivity index (χ0n) is 9.36. The van der Waals surface area contributed by atoms with Gasteiger partial charge in [-0.1, -0.05) is 42.9 Å². The molecule has 0 aliphatic carbocycles. The normalized spacial score (nSPS) is 12.2. The molecular formula is C11H22Si. The summed E-state index contributed by atoms with van der Waals surface area (Å²) in [5.74, 6) is 0. The summed E-state index contributed by atoms with van der Waals surface area (Å²) in [4.78, 5) is 0. The lowest BCUT2D eigenvalue weighted by atomic mass is 10.2. The lowest BCUT2D eigenvalue weighted by Gasteiger charge is -2.11. The fraction of sp³-hybridized carbons (Fsp3) is 0.636. The summed E-state index contributed by atoms with van der Waals surface area (Å²) in [7, 11) is -0.868. The zero-order valence-corrected chi connectivity index (χ0v) is 10.4. The van der Waals surface area contributed by atoms with Crippen molar-refractivity contribution in [3.63, 3.8) is 0 Å². The molecule has 0 bridgehead atoms. The van der Waals surface area contributed by atoms with Crippen molar-refractivity contribution in [3.8, 4) is 0 Å². The minimum Gasteiger partial charge on any atom is -0.0869 e. The van der Waals surface area contributed by atoms with E-state index in [2.05, 4.69) is 52.6 Å². The van der Waals surface area contributed by atoms with E-state index in [0.717, 1.165) is 0 Å². The number of hydrogen-bond donors (Lipinski definition) is 0. The lowest BCUT2D eigenvalue weighted by Crippen LogP contribution is -2.17.